The van der Waals surface area contributed by atoms with E-state index in [2.05, 4.69) is 24.0 Å². The van der Waals surface area contributed by atoms with Crippen molar-refractivity contribution in [1.29, 1.82) is 0 Å². The molecule has 0 saturated heterocycles. The van der Waals surface area contributed by atoms with Crippen molar-refractivity contribution >= 4 is 17.5 Å². The van der Waals surface area contributed by atoms with Crippen LogP contribution in [0.25, 0.3) is 11.4 Å². The van der Waals surface area contributed by atoms with E-state index in [9.17, 15) is 0 Å². The van der Waals surface area contributed by atoms with Crippen molar-refractivity contribution in [1.82, 2.24) is 18.7 Å². The minimum atomic E-state index is 0.453. The van der Waals surface area contributed by atoms with Gasteiger partial charge in [0.15, 0.2) is 17.2 Å². The molecule has 0 amide bonds. The standard InChI is InChI=1S/C9H11N5OS/c1-3-10-8-6(13-16-14-8)7-9(15-2)12-5-4-11-7/h4-5H,3H2,1-2H3,(H,10,14). The van der Waals surface area contributed by atoms with Gasteiger partial charge in [0.25, 0.3) is 0 Å². The fourth-order valence-corrected chi connectivity index (χ4v) is 1.79. The van der Waals surface area contributed by atoms with Crippen molar-refractivity contribution in [2.24, 2.45) is 0 Å². The van der Waals surface area contributed by atoms with Crippen LogP contribution in [-0.2, 0) is 0 Å². The highest BCUT2D eigenvalue weighted by Gasteiger charge is 2.16. The molecular weight excluding hydrogens is 226 g/mol. The average molecular weight is 237 g/mol. The monoisotopic (exact) mass is 237 g/mol. The Labute approximate surface area is 97.0 Å². The van der Waals surface area contributed by atoms with Crippen LogP contribution >= 0.6 is 11.7 Å². The molecule has 0 saturated carbocycles. The van der Waals surface area contributed by atoms with Gasteiger partial charge in [0.2, 0.25) is 5.88 Å². The maximum absolute atomic E-state index is 5.14. The van der Waals surface area contributed by atoms with Crippen LogP contribution in [0, 0.1) is 0 Å². The predicted octanol–water partition coefficient (Wildman–Crippen LogP) is 1.44. The summed E-state index contributed by atoms with van der Waals surface area (Å²) in [7, 11) is 1.56. The molecule has 7 heteroatoms. The summed E-state index contributed by atoms with van der Waals surface area (Å²) in [6, 6.07) is 0. The van der Waals surface area contributed by atoms with E-state index in [4.69, 9.17) is 4.74 Å². The van der Waals surface area contributed by atoms with Gasteiger partial charge < -0.3 is 10.1 Å². The number of hydrogen-bond donors (Lipinski definition) is 1. The molecule has 0 unspecified atom stereocenters. The van der Waals surface area contributed by atoms with Gasteiger partial charge in [-0.3, -0.25) is 0 Å². The Bertz CT molecular complexity index is 472. The predicted molar refractivity (Wildman–Crippen MR) is 61.7 cm³/mol. The second kappa shape index (κ2) is 4.84. The summed E-state index contributed by atoms with van der Waals surface area (Å²) in [5.41, 5.74) is 1.28. The third-order valence-corrected chi connectivity index (χ3v) is 2.44. The summed E-state index contributed by atoms with van der Waals surface area (Å²) < 4.78 is 13.5. The first-order valence-electron chi connectivity index (χ1n) is 4.78. The maximum Gasteiger partial charge on any atom is 0.242 e. The zero-order valence-corrected chi connectivity index (χ0v) is 9.78. The van der Waals surface area contributed by atoms with Gasteiger partial charge in [-0.05, 0) is 6.92 Å². The largest absolute Gasteiger partial charge is 0.479 e. The molecule has 16 heavy (non-hydrogen) atoms. The average Bonchev–Trinajstić information content (AvgIpc) is 2.77. The van der Waals surface area contributed by atoms with Gasteiger partial charge in [0.05, 0.1) is 18.8 Å². The van der Waals surface area contributed by atoms with Crippen LogP contribution in [0.5, 0.6) is 5.88 Å². The molecule has 2 aromatic heterocycles. The van der Waals surface area contributed by atoms with Crippen LogP contribution in [0.1, 0.15) is 6.92 Å². The Morgan fingerprint density at radius 1 is 1.25 bits per heavy atom. The highest BCUT2D eigenvalue weighted by molar-refractivity contribution is 6.99. The zero-order chi connectivity index (χ0) is 11.4. The quantitative estimate of drug-likeness (QED) is 0.867. The first-order chi connectivity index (χ1) is 7.86. The highest BCUT2D eigenvalue weighted by atomic mass is 32.1. The molecular formula is C9H11N5OS. The van der Waals surface area contributed by atoms with Gasteiger partial charge in [0, 0.05) is 18.9 Å². The second-order valence-corrected chi connectivity index (χ2v) is 3.43. The van der Waals surface area contributed by atoms with Crippen LogP contribution in [-0.4, -0.2) is 32.4 Å². The number of anilines is 1. The maximum atomic E-state index is 5.14. The van der Waals surface area contributed by atoms with Crippen LogP contribution in [0.4, 0.5) is 5.82 Å². The molecule has 2 aromatic rings. The van der Waals surface area contributed by atoms with Crippen LogP contribution < -0.4 is 10.1 Å². The van der Waals surface area contributed by atoms with Crippen LogP contribution in [0.15, 0.2) is 12.4 Å². The Morgan fingerprint density at radius 2 is 2.06 bits per heavy atom. The van der Waals surface area contributed by atoms with Crippen LogP contribution in [0.2, 0.25) is 0 Å². The van der Waals surface area contributed by atoms with Gasteiger partial charge in [0.1, 0.15) is 0 Å². The lowest BCUT2D eigenvalue weighted by Gasteiger charge is -2.04. The number of methoxy groups -OCH3 is 1. The first kappa shape index (κ1) is 10.7. The molecule has 0 aromatic carbocycles. The lowest BCUT2D eigenvalue weighted by atomic mass is 10.3. The molecule has 84 valence electrons. The normalized spacial score (nSPS) is 10.1. The fourth-order valence-electron chi connectivity index (χ4n) is 1.26. The van der Waals surface area contributed by atoms with Gasteiger partial charge in [-0.2, -0.15) is 8.75 Å². The van der Waals surface area contributed by atoms with E-state index in [0.29, 0.717) is 23.1 Å². The SMILES string of the molecule is CCNc1nsnc1-c1nccnc1OC. The summed E-state index contributed by atoms with van der Waals surface area (Å²) in [6.45, 7) is 2.78. The van der Waals surface area contributed by atoms with Gasteiger partial charge in [-0.25, -0.2) is 9.97 Å². The van der Waals surface area contributed by atoms with Crippen molar-refractivity contribution < 1.29 is 4.74 Å². The molecule has 0 aliphatic rings. The number of nitrogens with one attached hydrogen (secondary N) is 1. The third kappa shape index (κ3) is 1.94. The Kier molecular flexibility index (Phi) is 3.25. The Morgan fingerprint density at radius 3 is 2.81 bits per heavy atom. The molecule has 0 bridgehead atoms. The van der Waals surface area contributed by atoms with Crippen molar-refractivity contribution in [3.05, 3.63) is 12.4 Å². The second-order valence-electron chi connectivity index (χ2n) is 2.91. The molecule has 2 rings (SSSR count). The summed E-state index contributed by atoms with van der Waals surface area (Å²) in [5.74, 6) is 1.17. The summed E-state index contributed by atoms with van der Waals surface area (Å²) in [4.78, 5) is 8.29. The summed E-state index contributed by atoms with van der Waals surface area (Å²) >= 11 is 1.13. The molecule has 6 nitrogen and oxygen atoms in total. The van der Waals surface area contributed by atoms with E-state index >= 15 is 0 Å². The van der Waals surface area contributed by atoms with Gasteiger partial charge in [-0.1, -0.05) is 0 Å². The highest BCUT2D eigenvalue weighted by Crippen LogP contribution is 2.29. The molecule has 2 heterocycles. The zero-order valence-electron chi connectivity index (χ0n) is 8.97. The van der Waals surface area contributed by atoms with Crippen molar-refractivity contribution in [2.45, 2.75) is 6.92 Å². The van der Waals surface area contributed by atoms with Crippen molar-refractivity contribution in [3.63, 3.8) is 0 Å². The molecule has 0 spiro atoms. The first-order valence-corrected chi connectivity index (χ1v) is 5.51. The molecule has 1 N–H and O–H groups in total. The minimum absolute atomic E-state index is 0.453. The molecule has 0 radical (unpaired) electrons. The summed E-state index contributed by atoms with van der Waals surface area (Å²) in [5, 5.41) is 3.12. The van der Waals surface area contributed by atoms with E-state index in [1.54, 1.807) is 19.5 Å². The minimum Gasteiger partial charge on any atom is -0.479 e. The lowest BCUT2D eigenvalue weighted by molar-refractivity contribution is 0.397. The van der Waals surface area contributed by atoms with E-state index in [1.165, 1.54) is 0 Å². The van der Waals surface area contributed by atoms with Crippen LogP contribution in [0.3, 0.4) is 0 Å². The number of nitrogens with zero attached hydrogens (tertiary/aromatic N) is 4. The molecule has 0 fully saturated rings. The van der Waals surface area contributed by atoms with E-state index in [1.807, 2.05) is 6.92 Å². The van der Waals surface area contributed by atoms with E-state index < -0.39 is 0 Å². The molecule has 0 atom stereocenters. The smallest absolute Gasteiger partial charge is 0.242 e. The summed E-state index contributed by atoms with van der Waals surface area (Å²) in [6.07, 6.45) is 3.18. The van der Waals surface area contributed by atoms with Crippen molar-refractivity contribution in [3.8, 4) is 17.3 Å². The Hall–Kier alpha value is -1.76. The van der Waals surface area contributed by atoms with E-state index in [-0.39, 0.29) is 0 Å². The number of ether oxygens (including phenoxy) is 1. The lowest BCUT2D eigenvalue weighted by Crippen LogP contribution is -2.00. The van der Waals surface area contributed by atoms with E-state index in [0.717, 1.165) is 18.3 Å². The van der Waals surface area contributed by atoms with Gasteiger partial charge in [-0.15, -0.1) is 0 Å². The third-order valence-electron chi connectivity index (χ3n) is 1.92. The molecule has 0 aliphatic carbocycles. The topological polar surface area (TPSA) is 72.8 Å². The number of rotatable bonds is 4. The number of aromatic nitrogens is 4. The van der Waals surface area contributed by atoms with Gasteiger partial charge >= 0.3 is 0 Å². The molecule has 0 aliphatic heterocycles. The Balaban J connectivity index is 2.45. The van der Waals surface area contributed by atoms with Crippen molar-refractivity contribution in [2.75, 3.05) is 19.0 Å². The fraction of sp³-hybridized carbons (Fsp3) is 0.333. The number of hydrogen-bond acceptors (Lipinski definition) is 7.